The highest BCUT2D eigenvalue weighted by molar-refractivity contribution is 5.48. The number of rotatable bonds is 2. The van der Waals surface area contributed by atoms with Gasteiger partial charge in [-0.3, -0.25) is 4.57 Å². The second-order valence-corrected chi connectivity index (χ2v) is 4.16. The SMILES string of the molecule is C#Cc1cn(C2OC(CO)C(=C/F)/C2=C\F)c(=O)nc1N. The van der Waals surface area contributed by atoms with E-state index in [1.54, 1.807) is 0 Å². The second kappa shape index (κ2) is 5.87. The number of aliphatic hydroxyl groups excluding tert-OH is 1. The van der Waals surface area contributed by atoms with Crippen LogP contribution in [0.2, 0.25) is 0 Å². The molecule has 1 aliphatic heterocycles. The number of nitrogen functional groups attached to an aromatic ring is 1. The second-order valence-electron chi connectivity index (χ2n) is 4.16. The highest BCUT2D eigenvalue weighted by Gasteiger charge is 2.37. The topological polar surface area (TPSA) is 90.4 Å². The number of halogens is 2. The minimum Gasteiger partial charge on any atom is -0.393 e. The van der Waals surface area contributed by atoms with E-state index in [2.05, 4.69) is 10.9 Å². The van der Waals surface area contributed by atoms with Crippen LogP contribution >= 0.6 is 0 Å². The normalized spacial score (nSPS) is 25.4. The monoisotopic (exact) mass is 295 g/mol. The molecule has 0 radical (unpaired) electrons. The van der Waals surface area contributed by atoms with Gasteiger partial charge in [0.15, 0.2) is 6.23 Å². The molecule has 2 atom stereocenters. The van der Waals surface area contributed by atoms with Crippen molar-refractivity contribution >= 4 is 5.82 Å². The summed E-state index contributed by atoms with van der Waals surface area (Å²) in [6.07, 6.45) is 4.21. The minimum absolute atomic E-state index is 0.101. The van der Waals surface area contributed by atoms with Gasteiger partial charge in [-0.1, -0.05) is 5.92 Å². The van der Waals surface area contributed by atoms with Crippen LogP contribution < -0.4 is 11.4 Å². The van der Waals surface area contributed by atoms with Gasteiger partial charge >= 0.3 is 5.69 Å². The standard InChI is InChI=1S/C13H11F2N3O3/c1-2-7-5-18(13(20)17-11(7)16)12-9(4-15)8(3-14)10(6-19)21-12/h1,3-5,10,12,19H,6H2,(H2,16,17,20)/b8-3+,9-4+. The maximum atomic E-state index is 13.0. The van der Waals surface area contributed by atoms with E-state index in [-0.39, 0.29) is 35.2 Å². The van der Waals surface area contributed by atoms with Crippen molar-refractivity contribution in [1.82, 2.24) is 9.55 Å². The van der Waals surface area contributed by atoms with Crippen LogP contribution in [0.4, 0.5) is 14.6 Å². The van der Waals surface area contributed by atoms with Crippen LogP contribution in [0.5, 0.6) is 0 Å². The molecule has 1 aromatic heterocycles. The minimum atomic E-state index is -1.29. The fourth-order valence-electron chi connectivity index (χ4n) is 2.00. The zero-order valence-corrected chi connectivity index (χ0v) is 10.7. The summed E-state index contributed by atoms with van der Waals surface area (Å²) in [5.41, 5.74) is 4.29. The molecule has 8 heteroatoms. The first-order chi connectivity index (χ1) is 10.1. The van der Waals surface area contributed by atoms with Gasteiger partial charge in [0.05, 0.1) is 24.8 Å². The summed E-state index contributed by atoms with van der Waals surface area (Å²) in [4.78, 5) is 15.3. The molecule has 110 valence electrons. The van der Waals surface area contributed by atoms with Gasteiger partial charge in [0.1, 0.15) is 11.9 Å². The molecule has 1 aliphatic rings. The summed E-state index contributed by atoms with van der Waals surface area (Å²) in [6, 6.07) is 0. The molecule has 0 aromatic carbocycles. The van der Waals surface area contributed by atoms with Crippen LogP contribution in [-0.4, -0.2) is 27.4 Å². The molecule has 2 unspecified atom stereocenters. The van der Waals surface area contributed by atoms with E-state index in [1.807, 2.05) is 0 Å². The molecule has 0 aliphatic carbocycles. The predicted molar refractivity (Wildman–Crippen MR) is 70.2 cm³/mol. The molecule has 2 rings (SSSR count). The summed E-state index contributed by atoms with van der Waals surface area (Å²) in [5.74, 6) is 2.07. The first-order valence-corrected chi connectivity index (χ1v) is 5.79. The maximum Gasteiger partial charge on any atom is 0.351 e. The molecule has 0 amide bonds. The predicted octanol–water partition coefficient (Wildman–Crippen LogP) is 0.403. The zero-order chi connectivity index (χ0) is 15.6. The van der Waals surface area contributed by atoms with E-state index >= 15 is 0 Å². The number of aromatic nitrogens is 2. The quantitative estimate of drug-likeness (QED) is 0.771. The molecule has 2 heterocycles. The number of ether oxygens (including phenoxy) is 1. The van der Waals surface area contributed by atoms with Crippen molar-refractivity contribution in [2.24, 2.45) is 0 Å². The highest BCUT2D eigenvalue weighted by Crippen LogP contribution is 2.37. The lowest BCUT2D eigenvalue weighted by molar-refractivity contribution is -0.00861. The molecule has 6 nitrogen and oxygen atoms in total. The molecule has 21 heavy (non-hydrogen) atoms. The third kappa shape index (κ3) is 2.44. The van der Waals surface area contributed by atoms with E-state index in [1.165, 1.54) is 0 Å². The van der Waals surface area contributed by atoms with Gasteiger partial charge in [-0.25, -0.2) is 13.6 Å². The van der Waals surface area contributed by atoms with Gasteiger partial charge in [-0.05, 0) is 0 Å². The number of aliphatic hydroxyl groups is 1. The van der Waals surface area contributed by atoms with Crippen LogP contribution in [0.3, 0.4) is 0 Å². The number of hydrogen-bond donors (Lipinski definition) is 2. The Morgan fingerprint density at radius 3 is 2.71 bits per heavy atom. The van der Waals surface area contributed by atoms with Crippen molar-refractivity contribution in [3.8, 4) is 12.3 Å². The first-order valence-electron chi connectivity index (χ1n) is 5.79. The van der Waals surface area contributed by atoms with E-state index < -0.39 is 24.6 Å². The number of anilines is 1. The maximum absolute atomic E-state index is 13.0. The van der Waals surface area contributed by atoms with E-state index in [0.717, 1.165) is 10.8 Å². The lowest BCUT2D eigenvalue weighted by Crippen LogP contribution is -2.29. The molecule has 1 aromatic rings. The average molecular weight is 295 g/mol. The summed E-state index contributed by atoms with van der Waals surface area (Å²) in [5, 5.41) is 9.12. The largest absolute Gasteiger partial charge is 0.393 e. The summed E-state index contributed by atoms with van der Waals surface area (Å²) < 4.78 is 32.1. The van der Waals surface area contributed by atoms with Crippen LogP contribution in [0.25, 0.3) is 0 Å². The zero-order valence-electron chi connectivity index (χ0n) is 10.7. The van der Waals surface area contributed by atoms with Crippen LogP contribution in [-0.2, 0) is 4.74 Å². The summed E-state index contributed by atoms with van der Waals surface area (Å²) >= 11 is 0. The number of nitrogens with two attached hydrogens (primary N) is 1. The van der Waals surface area contributed by atoms with Gasteiger partial charge < -0.3 is 15.6 Å². The smallest absolute Gasteiger partial charge is 0.351 e. The molecular formula is C13H11F2N3O3. The molecule has 1 fully saturated rings. The van der Waals surface area contributed by atoms with Gasteiger partial charge in [0.2, 0.25) is 0 Å². The Labute approximate surface area is 118 Å². The van der Waals surface area contributed by atoms with Crippen LogP contribution in [0.15, 0.2) is 34.8 Å². The van der Waals surface area contributed by atoms with Crippen LogP contribution in [0, 0.1) is 12.3 Å². The Bertz CT molecular complexity index is 718. The number of hydrogen-bond acceptors (Lipinski definition) is 5. The fourth-order valence-corrected chi connectivity index (χ4v) is 2.00. The summed E-state index contributed by atoms with van der Waals surface area (Å²) in [6.45, 7) is -0.581. The van der Waals surface area contributed by atoms with Crippen molar-refractivity contribution in [2.75, 3.05) is 12.3 Å². The molecular weight excluding hydrogens is 284 g/mol. The lowest BCUT2D eigenvalue weighted by Gasteiger charge is -2.15. The van der Waals surface area contributed by atoms with Crippen LogP contribution in [0.1, 0.15) is 11.8 Å². The number of terminal acetylenes is 1. The molecule has 3 N–H and O–H groups in total. The molecule has 0 spiro atoms. The van der Waals surface area contributed by atoms with E-state index in [4.69, 9.17) is 22.0 Å². The summed E-state index contributed by atoms with van der Waals surface area (Å²) in [7, 11) is 0. The van der Waals surface area contributed by atoms with Crippen molar-refractivity contribution in [3.63, 3.8) is 0 Å². The van der Waals surface area contributed by atoms with E-state index in [9.17, 15) is 13.6 Å². The Morgan fingerprint density at radius 2 is 2.19 bits per heavy atom. The Balaban J connectivity index is 2.58. The first kappa shape index (κ1) is 14.9. The van der Waals surface area contributed by atoms with Crippen molar-refractivity contribution in [1.29, 1.82) is 0 Å². The van der Waals surface area contributed by atoms with E-state index in [0.29, 0.717) is 0 Å². The fraction of sp³-hybridized carbons (Fsp3) is 0.231. The third-order valence-corrected chi connectivity index (χ3v) is 3.03. The Hall–Kier alpha value is -2.50. The third-order valence-electron chi connectivity index (χ3n) is 3.03. The van der Waals surface area contributed by atoms with Crippen molar-refractivity contribution in [2.45, 2.75) is 12.3 Å². The Kier molecular flexibility index (Phi) is 4.16. The number of nitrogens with zero attached hydrogens (tertiary/aromatic N) is 2. The van der Waals surface area contributed by atoms with Crippen molar-refractivity contribution in [3.05, 3.63) is 46.1 Å². The van der Waals surface area contributed by atoms with Crippen molar-refractivity contribution < 1.29 is 18.6 Å². The lowest BCUT2D eigenvalue weighted by atomic mass is 10.1. The van der Waals surface area contributed by atoms with Gasteiger partial charge in [-0.15, -0.1) is 6.42 Å². The molecule has 1 saturated heterocycles. The highest BCUT2D eigenvalue weighted by atomic mass is 19.1. The Morgan fingerprint density at radius 1 is 1.52 bits per heavy atom. The molecule has 0 saturated carbocycles. The average Bonchev–Trinajstić information content (AvgIpc) is 2.84. The van der Waals surface area contributed by atoms with Gasteiger partial charge in [0.25, 0.3) is 0 Å². The molecule has 0 bridgehead atoms. The van der Waals surface area contributed by atoms with Gasteiger partial charge in [-0.2, -0.15) is 4.98 Å². The van der Waals surface area contributed by atoms with Gasteiger partial charge in [0, 0.05) is 17.3 Å².